The summed E-state index contributed by atoms with van der Waals surface area (Å²) in [6.45, 7) is 0. The van der Waals surface area contributed by atoms with E-state index in [4.69, 9.17) is 0 Å². The molecule has 0 amide bonds. The van der Waals surface area contributed by atoms with Crippen LogP contribution in [0, 0.1) is 0 Å². The van der Waals surface area contributed by atoms with Crippen LogP contribution in [0.15, 0.2) is 35.5 Å². The fourth-order valence-electron chi connectivity index (χ4n) is 7.50. The van der Waals surface area contributed by atoms with Gasteiger partial charge in [-0.25, -0.2) is 4.98 Å². The Morgan fingerprint density at radius 2 is 1.24 bits per heavy atom. The maximum absolute atomic E-state index is 12.0. The van der Waals surface area contributed by atoms with Crippen molar-refractivity contribution in [3.05, 3.63) is 47.0 Å². The summed E-state index contributed by atoms with van der Waals surface area (Å²) in [6, 6.07) is 11.1. The second-order valence-corrected chi connectivity index (χ2v) is 13.1. The van der Waals surface area contributed by atoms with E-state index in [1.165, 1.54) is 119 Å². The number of rotatable bonds is 5. The zero-order chi connectivity index (χ0) is 25.4. The third-order valence-corrected chi connectivity index (χ3v) is 10.1. The molecule has 1 aromatic heterocycles. The van der Waals surface area contributed by atoms with E-state index in [0.717, 1.165) is 5.56 Å². The third kappa shape index (κ3) is 5.12. The van der Waals surface area contributed by atoms with Crippen LogP contribution in [0.5, 0.6) is 0 Å². The normalized spacial score (nSPS) is 21.0. The minimum atomic E-state index is -4.41. The molecule has 0 bridgehead atoms. The smallest absolute Gasteiger partial charge is 0.327 e. The Morgan fingerprint density at radius 1 is 0.730 bits per heavy atom. The summed E-state index contributed by atoms with van der Waals surface area (Å²) < 4.78 is 33.6. The summed E-state index contributed by atoms with van der Waals surface area (Å²) in [5.74, 6) is 1.72. The first-order valence-electron chi connectivity index (χ1n) is 14.6. The molecular weight excluding hydrogens is 480 g/mol. The number of hydrogen-bond donors (Lipinski definition) is 2. The second kappa shape index (κ2) is 10.5. The van der Waals surface area contributed by atoms with Crippen molar-refractivity contribution >= 4 is 21.2 Å². The second-order valence-electron chi connectivity index (χ2n) is 11.8. The molecule has 198 valence electrons. The van der Waals surface area contributed by atoms with Gasteiger partial charge in [0.1, 0.15) is 0 Å². The molecule has 3 aliphatic rings. The number of H-pyrrole nitrogens is 1. The Hall–Kier alpha value is -2.18. The van der Waals surface area contributed by atoms with Gasteiger partial charge < -0.3 is 4.98 Å². The van der Waals surface area contributed by atoms with E-state index in [2.05, 4.69) is 28.2 Å². The van der Waals surface area contributed by atoms with E-state index >= 15 is 0 Å². The molecule has 6 heteroatoms. The highest BCUT2D eigenvalue weighted by atomic mass is 32.2. The molecule has 2 aromatic carbocycles. The highest BCUT2D eigenvalue weighted by Crippen LogP contribution is 2.48. The van der Waals surface area contributed by atoms with Gasteiger partial charge in [0.05, 0.1) is 11.0 Å². The van der Waals surface area contributed by atoms with E-state index in [9.17, 15) is 13.0 Å². The van der Waals surface area contributed by atoms with E-state index < -0.39 is 10.1 Å². The van der Waals surface area contributed by atoms with E-state index in [1.807, 2.05) is 12.1 Å². The van der Waals surface area contributed by atoms with Gasteiger partial charge in [-0.2, -0.15) is 8.42 Å². The lowest BCUT2D eigenvalue weighted by Crippen LogP contribution is -2.14. The molecule has 3 aliphatic carbocycles. The topological polar surface area (TPSA) is 83.1 Å². The lowest BCUT2D eigenvalue weighted by molar-refractivity contribution is 0.428. The molecule has 1 heterocycles. The third-order valence-electron chi connectivity index (χ3n) is 9.39. The van der Waals surface area contributed by atoms with Crippen molar-refractivity contribution in [2.45, 2.75) is 119 Å². The Kier molecular flexibility index (Phi) is 7.15. The van der Waals surface area contributed by atoms with Crippen molar-refractivity contribution < 1.29 is 13.0 Å². The quantitative estimate of drug-likeness (QED) is 0.330. The minimum absolute atomic E-state index is 0.368. The summed E-state index contributed by atoms with van der Waals surface area (Å²) >= 11 is 0. The zero-order valence-electron chi connectivity index (χ0n) is 21.8. The van der Waals surface area contributed by atoms with Crippen LogP contribution in [0.2, 0.25) is 0 Å². The van der Waals surface area contributed by atoms with Crippen LogP contribution in [0.3, 0.4) is 0 Å². The molecule has 0 radical (unpaired) electrons. The van der Waals surface area contributed by atoms with Gasteiger partial charge in [-0.15, -0.1) is 0 Å². The van der Waals surface area contributed by atoms with Crippen molar-refractivity contribution in [2.75, 3.05) is 0 Å². The molecule has 3 fully saturated rings. The van der Waals surface area contributed by atoms with Gasteiger partial charge in [-0.1, -0.05) is 82.1 Å². The van der Waals surface area contributed by atoms with Gasteiger partial charge in [0, 0.05) is 5.56 Å². The number of hydrogen-bond acceptors (Lipinski definition) is 3. The highest BCUT2D eigenvalue weighted by Gasteiger charge is 2.30. The monoisotopic (exact) mass is 520 g/mol. The SMILES string of the molecule is O=S(=O)(O)c1nc2c(-c3c(C4CCCCC4)cc(C4CCCCC4)cc3C3CCCCC3)cccc2[nH]1. The Bertz CT molecular complexity index is 1320. The van der Waals surface area contributed by atoms with Crippen LogP contribution in [0.25, 0.3) is 22.2 Å². The molecule has 3 saturated carbocycles. The minimum Gasteiger partial charge on any atom is -0.327 e. The standard InChI is InChI=1S/C31H40N2O3S/c34-37(35,36)31-32-28-18-10-17-25(30(28)33-31)29-26(22-13-6-2-7-14-22)19-24(21-11-4-1-5-12-21)20-27(29)23-15-8-3-9-16-23/h10,17-23H,1-9,11-16H2,(H,32,33)(H,34,35,36). The maximum atomic E-state index is 12.0. The molecule has 0 unspecified atom stereocenters. The molecule has 0 saturated heterocycles. The molecule has 0 spiro atoms. The molecule has 6 rings (SSSR count). The summed E-state index contributed by atoms with van der Waals surface area (Å²) in [7, 11) is -4.41. The van der Waals surface area contributed by atoms with Gasteiger partial charge in [0.15, 0.2) is 0 Å². The van der Waals surface area contributed by atoms with Crippen LogP contribution in [-0.4, -0.2) is 22.9 Å². The number of aromatic nitrogens is 2. The van der Waals surface area contributed by atoms with Crippen LogP contribution in [0.1, 0.15) is 131 Å². The van der Waals surface area contributed by atoms with Crippen molar-refractivity contribution in [3.8, 4) is 11.1 Å². The lowest BCUT2D eigenvalue weighted by atomic mass is 9.72. The van der Waals surface area contributed by atoms with Gasteiger partial charge in [-0.05, 0) is 84.6 Å². The number of nitrogens with zero attached hydrogens (tertiary/aromatic N) is 1. The number of para-hydroxylation sites is 1. The molecular formula is C31H40N2O3S. The molecule has 0 atom stereocenters. The summed E-state index contributed by atoms with van der Waals surface area (Å²) in [6.07, 6.45) is 19.2. The van der Waals surface area contributed by atoms with Crippen molar-refractivity contribution in [1.82, 2.24) is 9.97 Å². The van der Waals surface area contributed by atoms with Crippen LogP contribution in [0.4, 0.5) is 0 Å². The van der Waals surface area contributed by atoms with Crippen LogP contribution < -0.4 is 0 Å². The number of fused-ring (bicyclic) bond motifs is 1. The fraction of sp³-hybridized carbons (Fsp3) is 0.581. The molecule has 2 N–H and O–H groups in total. The van der Waals surface area contributed by atoms with Crippen LogP contribution in [-0.2, 0) is 10.1 Å². The van der Waals surface area contributed by atoms with Gasteiger partial charge >= 0.3 is 10.1 Å². The average molecular weight is 521 g/mol. The maximum Gasteiger partial charge on any atom is 0.328 e. The van der Waals surface area contributed by atoms with Crippen molar-refractivity contribution in [1.29, 1.82) is 0 Å². The number of benzene rings is 2. The van der Waals surface area contributed by atoms with E-state index in [0.29, 0.717) is 28.8 Å². The van der Waals surface area contributed by atoms with Crippen molar-refractivity contribution in [2.24, 2.45) is 0 Å². The number of aromatic amines is 1. The fourth-order valence-corrected chi connectivity index (χ4v) is 7.94. The molecule has 37 heavy (non-hydrogen) atoms. The number of imidazole rings is 1. The van der Waals surface area contributed by atoms with Crippen molar-refractivity contribution in [3.63, 3.8) is 0 Å². The zero-order valence-corrected chi connectivity index (χ0v) is 22.7. The predicted octanol–water partition coefficient (Wildman–Crippen LogP) is 8.62. The Balaban J connectivity index is 1.60. The van der Waals surface area contributed by atoms with Gasteiger partial charge in [0.2, 0.25) is 0 Å². The predicted molar refractivity (Wildman–Crippen MR) is 149 cm³/mol. The molecule has 3 aromatic rings. The highest BCUT2D eigenvalue weighted by molar-refractivity contribution is 7.85. The van der Waals surface area contributed by atoms with E-state index in [1.54, 1.807) is 0 Å². The summed E-state index contributed by atoms with van der Waals surface area (Å²) in [5, 5.41) is -0.368. The Labute approximate surface area is 221 Å². The first-order chi connectivity index (χ1) is 18.0. The first-order valence-corrected chi connectivity index (χ1v) is 16.1. The average Bonchev–Trinajstić information content (AvgIpc) is 3.40. The molecule has 0 aliphatic heterocycles. The number of nitrogens with one attached hydrogen (secondary N) is 1. The van der Waals surface area contributed by atoms with Crippen LogP contribution >= 0.6 is 0 Å². The Morgan fingerprint density at radius 3 is 1.76 bits per heavy atom. The molecule has 5 nitrogen and oxygen atoms in total. The first kappa shape index (κ1) is 25.1. The summed E-state index contributed by atoms with van der Waals surface area (Å²) in [4.78, 5) is 7.31. The summed E-state index contributed by atoms with van der Waals surface area (Å²) in [5.41, 5.74) is 8.09. The van der Waals surface area contributed by atoms with Gasteiger partial charge in [0.25, 0.3) is 5.16 Å². The lowest BCUT2D eigenvalue weighted by Gasteiger charge is -2.33. The largest absolute Gasteiger partial charge is 0.328 e. The van der Waals surface area contributed by atoms with Gasteiger partial charge in [-0.3, -0.25) is 4.55 Å². The van der Waals surface area contributed by atoms with E-state index in [-0.39, 0.29) is 5.16 Å².